The van der Waals surface area contributed by atoms with Gasteiger partial charge in [-0.2, -0.15) is 5.26 Å². The van der Waals surface area contributed by atoms with Crippen LogP contribution in [0.2, 0.25) is 0 Å². The molecule has 1 amide bonds. The van der Waals surface area contributed by atoms with Gasteiger partial charge in [-0.3, -0.25) is 14.2 Å². The molecule has 0 radical (unpaired) electrons. The molecule has 0 spiro atoms. The third-order valence-corrected chi connectivity index (χ3v) is 7.02. The number of nitrogens with one attached hydrogen (secondary N) is 1. The van der Waals surface area contributed by atoms with Crippen molar-refractivity contribution in [3.05, 3.63) is 46.8 Å². The van der Waals surface area contributed by atoms with E-state index in [9.17, 15) is 14.9 Å². The van der Waals surface area contributed by atoms with Crippen molar-refractivity contribution in [3.63, 3.8) is 0 Å². The van der Waals surface area contributed by atoms with E-state index >= 15 is 0 Å². The zero-order valence-electron chi connectivity index (χ0n) is 16.7. The van der Waals surface area contributed by atoms with E-state index in [-0.39, 0.29) is 23.1 Å². The molecule has 0 saturated heterocycles. The Morgan fingerprint density at radius 1 is 1.38 bits per heavy atom. The highest BCUT2D eigenvalue weighted by Crippen LogP contribution is 2.31. The number of thioether (sulfide) groups is 1. The van der Waals surface area contributed by atoms with Gasteiger partial charge in [0.15, 0.2) is 5.16 Å². The molecule has 3 aromatic rings. The molecular formula is C21H22N4O2S2. The third kappa shape index (κ3) is 4.36. The van der Waals surface area contributed by atoms with Crippen LogP contribution < -0.4 is 10.9 Å². The molecule has 1 N–H and O–H groups in total. The largest absolute Gasteiger partial charge is 0.337 e. The second-order valence-corrected chi connectivity index (χ2v) is 9.23. The van der Waals surface area contributed by atoms with Crippen molar-refractivity contribution in [3.8, 4) is 16.5 Å². The standard InChI is InChI=1S/C21H22N4O2S2/c1-13(2)21(3,12-22)24-17(26)11-28-20-23-18-15(19(27)25(20)4)10-16(29-18)14-8-6-5-7-9-14/h5-10,13H,11H2,1-4H3,(H,24,26). The van der Waals surface area contributed by atoms with Crippen LogP contribution in [0.4, 0.5) is 0 Å². The molecule has 29 heavy (non-hydrogen) atoms. The maximum absolute atomic E-state index is 12.8. The number of thiophene rings is 1. The third-order valence-electron chi connectivity index (χ3n) is 4.91. The highest BCUT2D eigenvalue weighted by Gasteiger charge is 2.30. The Bertz CT molecular complexity index is 1150. The molecule has 1 atom stereocenters. The van der Waals surface area contributed by atoms with Crippen LogP contribution in [0.15, 0.2) is 46.3 Å². The smallest absolute Gasteiger partial charge is 0.262 e. The zero-order chi connectivity index (χ0) is 21.2. The molecule has 6 nitrogen and oxygen atoms in total. The minimum absolute atomic E-state index is 0.0252. The summed E-state index contributed by atoms with van der Waals surface area (Å²) in [7, 11) is 1.66. The number of rotatable bonds is 6. The van der Waals surface area contributed by atoms with Crippen molar-refractivity contribution in [2.75, 3.05) is 5.75 Å². The summed E-state index contributed by atoms with van der Waals surface area (Å²) < 4.78 is 1.47. The van der Waals surface area contributed by atoms with Gasteiger partial charge in [-0.25, -0.2) is 4.98 Å². The fourth-order valence-electron chi connectivity index (χ4n) is 2.68. The lowest BCUT2D eigenvalue weighted by atomic mass is 9.90. The molecule has 150 valence electrons. The summed E-state index contributed by atoms with van der Waals surface area (Å²) in [6, 6.07) is 13.9. The van der Waals surface area contributed by atoms with Crippen LogP contribution in [0.25, 0.3) is 20.7 Å². The van der Waals surface area contributed by atoms with E-state index in [0.717, 1.165) is 10.4 Å². The first-order valence-electron chi connectivity index (χ1n) is 9.16. The summed E-state index contributed by atoms with van der Waals surface area (Å²) in [5.74, 6) is -0.215. The van der Waals surface area contributed by atoms with Crippen LogP contribution in [-0.2, 0) is 11.8 Å². The molecule has 0 aliphatic carbocycles. The Kier molecular flexibility index (Phi) is 6.10. The van der Waals surface area contributed by atoms with Crippen molar-refractivity contribution in [2.45, 2.75) is 31.5 Å². The number of nitriles is 1. The van der Waals surface area contributed by atoms with Gasteiger partial charge in [0.25, 0.3) is 5.56 Å². The van der Waals surface area contributed by atoms with E-state index in [0.29, 0.717) is 15.4 Å². The average Bonchev–Trinajstić information content (AvgIpc) is 3.14. The van der Waals surface area contributed by atoms with E-state index in [4.69, 9.17) is 0 Å². The molecule has 0 fully saturated rings. The van der Waals surface area contributed by atoms with Crippen LogP contribution in [0.5, 0.6) is 0 Å². The lowest BCUT2D eigenvalue weighted by Crippen LogP contribution is -2.49. The first kappa shape index (κ1) is 21.1. The molecule has 0 aliphatic rings. The second-order valence-electron chi connectivity index (χ2n) is 7.26. The Hall–Kier alpha value is -2.63. The lowest BCUT2D eigenvalue weighted by Gasteiger charge is -2.27. The number of hydrogen-bond acceptors (Lipinski definition) is 6. The number of fused-ring (bicyclic) bond motifs is 1. The van der Waals surface area contributed by atoms with E-state index in [2.05, 4.69) is 16.4 Å². The van der Waals surface area contributed by atoms with Crippen LogP contribution in [0, 0.1) is 17.2 Å². The van der Waals surface area contributed by atoms with Gasteiger partial charge in [0.1, 0.15) is 10.4 Å². The van der Waals surface area contributed by atoms with Crippen molar-refractivity contribution >= 4 is 39.2 Å². The number of aromatic nitrogens is 2. The Morgan fingerprint density at radius 2 is 2.07 bits per heavy atom. The van der Waals surface area contributed by atoms with E-state index in [1.165, 1.54) is 27.7 Å². The summed E-state index contributed by atoms with van der Waals surface area (Å²) in [5, 5.41) is 13.2. The summed E-state index contributed by atoms with van der Waals surface area (Å²) in [5.41, 5.74) is -0.0322. The molecule has 2 heterocycles. The Morgan fingerprint density at radius 3 is 2.69 bits per heavy atom. The predicted molar refractivity (Wildman–Crippen MR) is 118 cm³/mol. The summed E-state index contributed by atoms with van der Waals surface area (Å²) >= 11 is 2.65. The van der Waals surface area contributed by atoms with E-state index < -0.39 is 5.54 Å². The van der Waals surface area contributed by atoms with Crippen LogP contribution >= 0.6 is 23.1 Å². The fourth-order valence-corrected chi connectivity index (χ4v) is 4.53. The maximum atomic E-state index is 12.8. The molecule has 0 bridgehead atoms. The molecule has 3 rings (SSSR count). The van der Waals surface area contributed by atoms with Gasteiger partial charge < -0.3 is 5.32 Å². The van der Waals surface area contributed by atoms with Gasteiger partial charge in [0.05, 0.1) is 17.2 Å². The van der Waals surface area contributed by atoms with E-state index in [1.807, 2.05) is 50.2 Å². The molecule has 8 heteroatoms. The second kappa shape index (κ2) is 8.39. The fraction of sp³-hybridized carbons (Fsp3) is 0.333. The molecular weight excluding hydrogens is 404 g/mol. The minimum Gasteiger partial charge on any atom is -0.337 e. The maximum Gasteiger partial charge on any atom is 0.262 e. The lowest BCUT2D eigenvalue weighted by molar-refractivity contribution is -0.120. The van der Waals surface area contributed by atoms with Crippen molar-refractivity contribution in [2.24, 2.45) is 13.0 Å². The SMILES string of the molecule is CC(C)C(C)(C#N)NC(=O)CSc1nc2sc(-c3ccccc3)cc2c(=O)n1C. The van der Waals surface area contributed by atoms with Crippen molar-refractivity contribution < 1.29 is 4.79 Å². The van der Waals surface area contributed by atoms with Gasteiger partial charge >= 0.3 is 0 Å². The molecule has 1 unspecified atom stereocenters. The number of carbonyl (C=O) groups excluding carboxylic acids is 1. The van der Waals surface area contributed by atoms with Crippen molar-refractivity contribution in [1.82, 2.24) is 14.9 Å². The molecule has 1 aromatic carbocycles. The quantitative estimate of drug-likeness (QED) is 0.478. The number of amides is 1. The predicted octanol–water partition coefficient (Wildman–Crippen LogP) is 3.81. The summed E-state index contributed by atoms with van der Waals surface area (Å²) in [4.78, 5) is 31.4. The van der Waals surface area contributed by atoms with Gasteiger partial charge in [-0.1, -0.05) is 55.9 Å². The van der Waals surface area contributed by atoms with Gasteiger partial charge in [0, 0.05) is 11.9 Å². The highest BCUT2D eigenvalue weighted by molar-refractivity contribution is 7.99. The number of carbonyl (C=O) groups is 1. The van der Waals surface area contributed by atoms with Crippen molar-refractivity contribution in [1.29, 1.82) is 5.26 Å². The average molecular weight is 427 g/mol. The molecule has 0 aliphatic heterocycles. The highest BCUT2D eigenvalue weighted by atomic mass is 32.2. The Balaban J connectivity index is 1.83. The first-order valence-corrected chi connectivity index (χ1v) is 11.0. The Labute approximate surface area is 177 Å². The normalized spacial score (nSPS) is 13.2. The van der Waals surface area contributed by atoms with Gasteiger partial charge in [-0.15, -0.1) is 11.3 Å². The number of nitrogens with zero attached hydrogens (tertiary/aromatic N) is 3. The summed E-state index contributed by atoms with van der Waals surface area (Å²) in [6.45, 7) is 5.48. The van der Waals surface area contributed by atoms with E-state index in [1.54, 1.807) is 14.0 Å². The van der Waals surface area contributed by atoms with Crippen LogP contribution in [-0.4, -0.2) is 26.8 Å². The van der Waals surface area contributed by atoms with Crippen LogP contribution in [0.3, 0.4) is 0 Å². The zero-order valence-corrected chi connectivity index (χ0v) is 18.4. The topological polar surface area (TPSA) is 87.8 Å². The monoisotopic (exact) mass is 426 g/mol. The molecule has 2 aromatic heterocycles. The number of benzene rings is 1. The minimum atomic E-state index is -0.931. The molecule has 0 saturated carbocycles. The first-order chi connectivity index (χ1) is 13.7. The summed E-state index contributed by atoms with van der Waals surface area (Å²) in [6.07, 6.45) is 0. The number of hydrogen-bond donors (Lipinski definition) is 1. The van der Waals surface area contributed by atoms with Crippen LogP contribution in [0.1, 0.15) is 20.8 Å². The van der Waals surface area contributed by atoms with Gasteiger partial charge in [-0.05, 0) is 24.5 Å². The van der Waals surface area contributed by atoms with Gasteiger partial charge in [0.2, 0.25) is 5.91 Å².